The second kappa shape index (κ2) is 7.67. The van der Waals surface area contributed by atoms with Gasteiger partial charge in [0.25, 0.3) is 0 Å². The number of carbonyl (C=O) groups is 2. The summed E-state index contributed by atoms with van der Waals surface area (Å²) >= 11 is 0. The van der Waals surface area contributed by atoms with Gasteiger partial charge in [0.15, 0.2) is 0 Å². The van der Waals surface area contributed by atoms with Crippen LogP contribution in [0.2, 0.25) is 0 Å². The molecule has 1 aromatic rings. The molecule has 1 aromatic carbocycles. The van der Waals surface area contributed by atoms with Gasteiger partial charge in [0, 0.05) is 32.6 Å². The molecule has 0 saturated carbocycles. The normalized spacial score (nSPS) is 15.5. The van der Waals surface area contributed by atoms with Crippen molar-refractivity contribution >= 4 is 12.0 Å². The van der Waals surface area contributed by atoms with Crippen LogP contribution in [-0.2, 0) is 16.0 Å². The van der Waals surface area contributed by atoms with E-state index in [0.29, 0.717) is 32.6 Å². The lowest BCUT2D eigenvalue weighted by atomic mass is 10.1. The van der Waals surface area contributed by atoms with Crippen LogP contribution in [-0.4, -0.2) is 55.1 Å². The van der Waals surface area contributed by atoms with Gasteiger partial charge in [-0.1, -0.05) is 30.3 Å². The summed E-state index contributed by atoms with van der Waals surface area (Å²) in [6, 6.07) is 10.0. The topological polar surface area (TPSA) is 49.9 Å². The molecule has 1 saturated heterocycles. The highest BCUT2D eigenvalue weighted by Gasteiger charge is 2.21. The summed E-state index contributed by atoms with van der Waals surface area (Å²) in [6.45, 7) is 2.49. The quantitative estimate of drug-likeness (QED) is 0.854. The van der Waals surface area contributed by atoms with E-state index in [-0.39, 0.29) is 12.0 Å². The maximum Gasteiger partial charge on any atom is 0.409 e. The largest absolute Gasteiger partial charge is 0.453 e. The monoisotopic (exact) mass is 290 g/mol. The molecular formula is C16H22N2O3. The van der Waals surface area contributed by atoms with Crippen LogP contribution in [0.1, 0.15) is 18.4 Å². The van der Waals surface area contributed by atoms with Gasteiger partial charge < -0.3 is 14.5 Å². The summed E-state index contributed by atoms with van der Waals surface area (Å²) in [5, 5.41) is 0. The minimum Gasteiger partial charge on any atom is -0.453 e. The van der Waals surface area contributed by atoms with Gasteiger partial charge in [0.1, 0.15) is 0 Å². The summed E-state index contributed by atoms with van der Waals surface area (Å²) in [7, 11) is 1.38. The molecule has 5 nitrogen and oxygen atoms in total. The first-order valence-corrected chi connectivity index (χ1v) is 7.35. The Morgan fingerprint density at radius 2 is 1.71 bits per heavy atom. The molecule has 1 fully saturated rings. The number of benzene rings is 1. The third-order valence-electron chi connectivity index (χ3n) is 3.75. The maximum absolute atomic E-state index is 12.3. The van der Waals surface area contributed by atoms with Crippen molar-refractivity contribution in [3.05, 3.63) is 35.9 Å². The number of nitrogens with zero attached hydrogens (tertiary/aromatic N) is 2. The van der Waals surface area contributed by atoms with E-state index in [1.165, 1.54) is 12.7 Å². The van der Waals surface area contributed by atoms with Gasteiger partial charge in [0.05, 0.1) is 7.11 Å². The number of rotatable bonds is 3. The zero-order chi connectivity index (χ0) is 15.1. The Morgan fingerprint density at radius 1 is 1.05 bits per heavy atom. The fourth-order valence-electron chi connectivity index (χ4n) is 2.53. The number of aryl methyl sites for hydroxylation is 1. The lowest BCUT2D eigenvalue weighted by Crippen LogP contribution is -2.37. The van der Waals surface area contributed by atoms with Crippen molar-refractivity contribution in [2.24, 2.45) is 0 Å². The Labute approximate surface area is 125 Å². The van der Waals surface area contributed by atoms with Gasteiger partial charge in [-0.3, -0.25) is 4.79 Å². The zero-order valence-corrected chi connectivity index (χ0v) is 12.5. The SMILES string of the molecule is COC(=O)N1CCCN(C(=O)CCc2ccccc2)CC1. The van der Waals surface area contributed by atoms with E-state index in [1.807, 2.05) is 35.2 Å². The number of ether oxygens (including phenoxy) is 1. The summed E-state index contributed by atoms with van der Waals surface area (Å²) < 4.78 is 4.73. The number of methoxy groups -OCH3 is 1. The molecule has 0 radical (unpaired) electrons. The number of hydrogen-bond acceptors (Lipinski definition) is 3. The van der Waals surface area contributed by atoms with Gasteiger partial charge in [-0.15, -0.1) is 0 Å². The van der Waals surface area contributed by atoms with Crippen molar-refractivity contribution in [2.45, 2.75) is 19.3 Å². The van der Waals surface area contributed by atoms with Crippen LogP contribution in [0.5, 0.6) is 0 Å². The van der Waals surface area contributed by atoms with Crippen molar-refractivity contribution in [3.8, 4) is 0 Å². The molecular weight excluding hydrogens is 268 g/mol. The van der Waals surface area contributed by atoms with E-state index in [1.54, 1.807) is 4.90 Å². The first-order valence-electron chi connectivity index (χ1n) is 7.35. The first-order chi connectivity index (χ1) is 10.2. The Kier molecular flexibility index (Phi) is 5.60. The molecule has 0 atom stereocenters. The van der Waals surface area contributed by atoms with Crippen LogP contribution in [0, 0.1) is 0 Å². The predicted octanol–water partition coefficient (Wildman–Crippen LogP) is 1.92. The van der Waals surface area contributed by atoms with Crippen molar-refractivity contribution in [2.75, 3.05) is 33.3 Å². The molecule has 0 aliphatic carbocycles. The molecule has 1 aliphatic rings. The fraction of sp³-hybridized carbons (Fsp3) is 0.500. The predicted molar refractivity (Wildman–Crippen MR) is 79.9 cm³/mol. The lowest BCUT2D eigenvalue weighted by Gasteiger charge is -2.21. The number of carbonyl (C=O) groups excluding carboxylic acids is 2. The average Bonchev–Trinajstić information content (AvgIpc) is 2.79. The average molecular weight is 290 g/mol. The van der Waals surface area contributed by atoms with E-state index in [9.17, 15) is 9.59 Å². The second-order valence-corrected chi connectivity index (χ2v) is 5.18. The Balaban J connectivity index is 1.81. The summed E-state index contributed by atoms with van der Waals surface area (Å²) in [6.07, 6.45) is 1.76. The van der Waals surface area contributed by atoms with Gasteiger partial charge in [-0.2, -0.15) is 0 Å². The van der Waals surface area contributed by atoms with E-state index in [2.05, 4.69) is 0 Å². The highest BCUT2D eigenvalue weighted by Crippen LogP contribution is 2.09. The van der Waals surface area contributed by atoms with Crippen molar-refractivity contribution in [3.63, 3.8) is 0 Å². The van der Waals surface area contributed by atoms with Gasteiger partial charge in [-0.25, -0.2) is 4.79 Å². The third-order valence-corrected chi connectivity index (χ3v) is 3.75. The smallest absolute Gasteiger partial charge is 0.409 e. The summed E-state index contributed by atoms with van der Waals surface area (Å²) in [4.78, 5) is 27.3. The minimum absolute atomic E-state index is 0.158. The molecule has 114 valence electrons. The van der Waals surface area contributed by atoms with Crippen LogP contribution in [0.15, 0.2) is 30.3 Å². The molecule has 0 N–H and O–H groups in total. The molecule has 0 unspecified atom stereocenters. The third kappa shape index (κ3) is 4.48. The van der Waals surface area contributed by atoms with Gasteiger partial charge in [0.2, 0.25) is 5.91 Å². The van der Waals surface area contributed by atoms with Crippen LogP contribution in [0.4, 0.5) is 4.79 Å². The van der Waals surface area contributed by atoms with Crippen LogP contribution in [0.25, 0.3) is 0 Å². The maximum atomic E-state index is 12.3. The van der Waals surface area contributed by atoms with Gasteiger partial charge >= 0.3 is 6.09 Å². The van der Waals surface area contributed by atoms with E-state index < -0.39 is 0 Å². The molecule has 1 aliphatic heterocycles. The molecule has 21 heavy (non-hydrogen) atoms. The Hall–Kier alpha value is -2.04. The van der Waals surface area contributed by atoms with E-state index >= 15 is 0 Å². The lowest BCUT2D eigenvalue weighted by molar-refractivity contribution is -0.131. The zero-order valence-electron chi connectivity index (χ0n) is 12.5. The van der Waals surface area contributed by atoms with Crippen molar-refractivity contribution < 1.29 is 14.3 Å². The highest BCUT2D eigenvalue weighted by atomic mass is 16.5. The highest BCUT2D eigenvalue weighted by molar-refractivity contribution is 5.76. The van der Waals surface area contributed by atoms with Crippen molar-refractivity contribution in [1.82, 2.24) is 9.80 Å². The molecule has 2 rings (SSSR count). The Bertz CT molecular complexity index is 476. The summed E-state index contributed by atoms with van der Waals surface area (Å²) in [5.74, 6) is 0.158. The van der Waals surface area contributed by atoms with E-state index in [4.69, 9.17) is 4.74 Å². The molecule has 0 aromatic heterocycles. The molecule has 2 amide bonds. The molecule has 0 spiro atoms. The molecule has 5 heteroatoms. The fourth-order valence-corrected chi connectivity index (χ4v) is 2.53. The Morgan fingerprint density at radius 3 is 2.43 bits per heavy atom. The second-order valence-electron chi connectivity index (χ2n) is 5.18. The standard InChI is InChI=1S/C16H22N2O3/c1-21-16(20)18-11-5-10-17(12-13-18)15(19)9-8-14-6-3-2-4-7-14/h2-4,6-7H,5,8-13H2,1H3. The van der Waals surface area contributed by atoms with E-state index in [0.717, 1.165) is 12.8 Å². The van der Waals surface area contributed by atoms with Crippen LogP contribution >= 0.6 is 0 Å². The van der Waals surface area contributed by atoms with Gasteiger partial charge in [-0.05, 0) is 18.4 Å². The van der Waals surface area contributed by atoms with Crippen LogP contribution < -0.4 is 0 Å². The molecule has 1 heterocycles. The minimum atomic E-state index is -0.311. The van der Waals surface area contributed by atoms with Crippen molar-refractivity contribution in [1.29, 1.82) is 0 Å². The van der Waals surface area contributed by atoms with Crippen LogP contribution in [0.3, 0.4) is 0 Å². The first kappa shape index (κ1) is 15.4. The number of hydrogen-bond donors (Lipinski definition) is 0. The molecule has 0 bridgehead atoms. The number of amides is 2. The summed E-state index contributed by atoms with van der Waals surface area (Å²) in [5.41, 5.74) is 1.18.